The third-order valence-electron chi connectivity index (χ3n) is 1.79. The SMILES string of the molecule is CCNCc1cnn(CCOC)c1. The molecule has 1 N–H and O–H groups in total. The summed E-state index contributed by atoms with van der Waals surface area (Å²) in [4.78, 5) is 0. The van der Waals surface area contributed by atoms with Crippen molar-refractivity contribution in [2.75, 3.05) is 20.3 Å². The van der Waals surface area contributed by atoms with E-state index in [1.807, 2.05) is 17.1 Å². The molecule has 1 aromatic rings. The zero-order chi connectivity index (χ0) is 9.52. The summed E-state index contributed by atoms with van der Waals surface area (Å²) in [6.07, 6.45) is 3.93. The van der Waals surface area contributed by atoms with Crippen molar-refractivity contribution in [3.63, 3.8) is 0 Å². The quantitative estimate of drug-likeness (QED) is 0.703. The van der Waals surface area contributed by atoms with Gasteiger partial charge in [-0.1, -0.05) is 6.92 Å². The molecule has 0 aromatic carbocycles. The number of rotatable bonds is 6. The van der Waals surface area contributed by atoms with Crippen LogP contribution in [0.2, 0.25) is 0 Å². The summed E-state index contributed by atoms with van der Waals surface area (Å²) in [6, 6.07) is 0. The van der Waals surface area contributed by atoms with Gasteiger partial charge in [0.25, 0.3) is 0 Å². The van der Waals surface area contributed by atoms with Gasteiger partial charge < -0.3 is 10.1 Å². The van der Waals surface area contributed by atoms with Gasteiger partial charge in [-0.25, -0.2) is 0 Å². The van der Waals surface area contributed by atoms with Crippen LogP contribution in [0, 0.1) is 0 Å². The number of aromatic nitrogens is 2. The van der Waals surface area contributed by atoms with Crippen molar-refractivity contribution < 1.29 is 4.74 Å². The van der Waals surface area contributed by atoms with E-state index >= 15 is 0 Å². The Morgan fingerprint density at radius 3 is 3.15 bits per heavy atom. The molecule has 0 bridgehead atoms. The van der Waals surface area contributed by atoms with Gasteiger partial charge in [-0.15, -0.1) is 0 Å². The highest BCUT2D eigenvalue weighted by molar-refractivity contribution is 5.02. The van der Waals surface area contributed by atoms with Crippen LogP contribution in [0.15, 0.2) is 12.4 Å². The fourth-order valence-corrected chi connectivity index (χ4v) is 1.07. The third-order valence-corrected chi connectivity index (χ3v) is 1.79. The van der Waals surface area contributed by atoms with Gasteiger partial charge in [0, 0.05) is 25.4 Å². The zero-order valence-electron chi connectivity index (χ0n) is 8.29. The first-order valence-corrected chi connectivity index (χ1v) is 4.57. The summed E-state index contributed by atoms with van der Waals surface area (Å²) in [7, 11) is 1.70. The minimum Gasteiger partial charge on any atom is -0.383 e. The monoisotopic (exact) mass is 183 g/mol. The van der Waals surface area contributed by atoms with Gasteiger partial charge in [-0.2, -0.15) is 5.10 Å². The van der Waals surface area contributed by atoms with Crippen LogP contribution >= 0.6 is 0 Å². The molecule has 0 saturated carbocycles. The molecule has 74 valence electrons. The maximum Gasteiger partial charge on any atom is 0.0658 e. The first-order chi connectivity index (χ1) is 6.36. The number of methoxy groups -OCH3 is 1. The molecule has 1 rings (SSSR count). The van der Waals surface area contributed by atoms with E-state index in [-0.39, 0.29) is 0 Å². The van der Waals surface area contributed by atoms with Crippen molar-refractivity contribution in [3.05, 3.63) is 18.0 Å². The van der Waals surface area contributed by atoms with Gasteiger partial charge in [0.1, 0.15) is 0 Å². The van der Waals surface area contributed by atoms with E-state index in [1.54, 1.807) is 7.11 Å². The topological polar surface area (TPSA) is 39.1 Å². The predicted molar refractivity (Wildman–Crippen MR) is 51.5 cm³/mol. The molecule has 4 nitrogen and oxygen atoms in total. The number of nitrogens with zero attached hydrogens (tertiary/aromatic N) is 2. The molecule has 4 heteroatoms. The minimum absolute atomic E-state index is 0.711. The van der Waals surface area contributed by atoms with Crippen molar-refractivity contribution in [3.8, 4) is 0 Å². The van der Waals surface area contributed by atoms with Crippen LogP contribution in [-0.4, -0.2) is 30.0 Å². The van der Waals surface area contributed by atoms with Crippen LogP contribution in [0.3, 0.4) is 0 Å². The van der Waals surface area contributed by atoms with E-state index in [2.05, 4.69) is 17.3 Å². The van der Waals surface area contributed by atoms with Crippen LogP contribution in [0.4, 0.5) is 0 Å². The molecule has 0 saturated heterocycles. The standard InChI is InChI=1S/C9H17N3O/c1-3-10-6-9-7-11-12(8-9)4-5-13-2/h7-8,10H,3-6H2,1-2H3. The van der Waals surface area contributed by atoms with Crippen LogP contribution < -0.4 is 5.32 Å². The van der Waals surface area contributed by atoms with Crippen LogP contribution in [0.5, 0.6) is 0 Å². The summed E-state index contributed by atoms with van der Waals surface area (Å²) in [5, 5.41) is 7.45. The van der Waals surface area contributed by atoms with Crippen molar-refractivity contribution in [2.45, 2.75) is 20.0 Å². The van der Waals surface area contributed by atoms with E-state index < -0.39 is 0 Å². The molecular formula is C9H17N3O. The molecule has 0 radical (unpaired) electrons. The second-order valence-corrected chi connectivity index (χ2v) is 2.88. The Labute approximate surface area is 78.9 Å². The van der Waals surface area contributed by atoms with E-state index in [4.69, 9.17) is 4.74 Å². The Balaban J connectivity index is 2.34. The molecule has 0 aliphatic rings. The lowest BCUT2D eigenvalue weighted by Crippen LogP contribution is -2.11. The Bertz CT molecular complexity index is 212. The Morgan fingerprint density at radius 2 is 2.46 bits per heavy atom. The van der Waals surface area contributed by atoms with Crippen molar-refractivity contribution in [2.24, 2.45) is 0 Å². The first kappa shape index (κ1) is 10.2. The smallest absolute Gasteiger partial charge is 0.0658 e. The Hall–Kier alpha value is -0.870. The van der Waals surface area contributed by atoms with Gasteiger partial charge in [0.15, 0.2) is 0 Å². The van der Waals surface area contributed by atoms with E-state index in [1.165, 1.54) is 5.56 Å². The molecule has 1 heterocycles. The second kappa shape index (κ2) is 5.72. The summed E-state index contributed by atoms with van der Waals surface area (Å²) in [6.45, 7) is 5.51. The molecule has 0 unspecified atom stereocenters. The molecular weight excluding hydrogens is 166 g/mol. The van der Waals surface area contributed by atoms with Crippen molar-refractivity contribution in [1.29, 1.82) is 0 Å². The number of ether oxygens (including phenoxy) is 1. The summed E-state index contributed by atoms with van der Waals surface area (Å²) in [5.74, 6) is 0. The molecule has 0 fully saturated rings. The molecule has 1 aromatic heterocycles. The molecule has 0 atom stereocenters. The van der Waals surface area contributed by atoms with E-state index in [0.29, 0.717) is 6.61 Å². The molecule has 13 heavy (non-hydrogen) atoms. The number of hydrogen-bond donors (Lipinski definition) is 1. The lowest BCUT2D eigenvalue weighted by atomic mass is 10.3. The fourth-order valence-electron chi connectivity index (χ4n) is 1.07. The van der Waals surface area contributed by atoms with Crippen LogP contribution in [0.1, 0.15) is 12.5 Å². The summed E-state index contributed by atoms with van der Waals surface area (Å²) < 4.78 is 6.86. The van der Waals surface area contributed by atoms with E-state index in [0.717, 1.165) is 19.6 Å². The van der Waals surface area contributed by atoms with Crippen LogP contribution in [-0.2, 0) is 17.8 Å². The highest BCUT2D eigenvalue weighted by Gasteiger charge is 1.96. The third kappa shape index (κ3) is 3.57. The highest BCUT2D eigenvalue weighted by atomic mass is 16.5. The maximum absolute atomic E-state index is 4.96. The Morgan fingerprint density at radius 1 is 1.62 bits per heavy atom. The number of hydrogen-bond acceptors (Lipinski definition) is 3. The fraction of sp³-hybridized carbons (Fsp3) is 0.667. The largest absolute Gasteiger partial charge is 0.383 e. The molecule has 0 aliphatic heterocycles. The second-order valence-electron chi connectivity index (χ2n) is 2.88. The average Bonchev–Trinajstić information content (AvgIpc) is 2.59. The van der Waals surface area contributed by atoms with Gasteiger partial charge in [0.05, 0.1) is 19.3 Å². The van der Waals surface area contributed by atoms with Crippen LogP contribution in [0.25, 0.3) is 0 Å². The summed E-state index contributed by atoms with van der Waals surface area (Å²) >= 11 is 0. The summed E-state index contributed by atoms with van der Waals surface area (Å²) in [5.41, 5.74) is 1.22. The normalized spacial score (nSPS) is 10.6. The molecule has 0 amide bonds. The molecule has 0 spiro atoms. The van der Waals surface area contributed by atoms with E-state index in [9.17, 15) is 0 Å². The van der Waals surface area contributed by atoms with Crippen molar-refractivity contribution in [1.82, 2.24) is 15.1 Å². The van der Waals surface area contributed by atoms with Gasteiger partial charge in [0.2, 0.25) is 0 Å². The minimum atomic E-state index is 0.711. The zero-order valence-corrected chi connectivity index (χ0v) is 8.29. The van der Waals surface area contributed by atoms with Gasteiger partial charge in [-0.3, -0.25) is 4.68 Å². The van der Waals surface area contributed by atoms with Crippen molar-refractivity contribution >= 4 is 0 Å². The predicted octanol–water partition coefficient (Wildman–Crippen LogP) is 0.639. The lowest BCUT2D eigenvalue weighted by Gasteiger charge is -1.99. The first-order valence-electron chi connectivity index (χ1n) is 4.57. The van der Waals surface area contributed by atoms with Gasteiger partial charge in [-0.05, 0) is 6.54 Å². The number of nitrogens with one attached hydrogen (secondary N) is 1. The van der Waals surface area contributed by atoms with Gasteiger partial charge >= 0.3 is 0 Å². The molecule has 0 aliphatic carbocycles. The highest BCUT2D eigenvalue weighted by Crippen LogP contribution is 1.96. The average molecular weight is 183 g/mol. The Kier molecular flexibility index (Phi) is 4.49. The maximum atomic E-state index is 4.96. The lowest BCUT2D eigenvalue weighted by molar-refractivity contribution is 0.183.